The first-order chi connectivity index (χ1) is 6.57. The second kappa shape index (κ2) is 4.65. The first kappa shape index (κ1) is 11.3. The van der Waals surface area contributed by atoms with E-state index < -0.39 is 24.0 Å². The van der Waals surface area contributed by atoms with Gasteiger partial charge in [-0.2, -0.15) is 12.6 Å². The van der Waals surface area contributed by atoms with E-state index in [1.54, 1.807) is 0 Å². The Balaban J connectivity index is 2.67. The summed E-state index contributed by atoms with van der Waals surface area (Å²) in [5.74, 6) is -1.53. The van der Waals surface area contributed by atoms with E-state index in [1.165, 1.54) is 4.90 Å². The van der Waals surface area contributed by atoms with E-state index in [0.29, 0.717) is 19.4 Å². The van der Waals surface area contributed by atoms with Gasteiger partial charge in [-0.25, -0.2) is 4.79 Å². The normalized spacial score (nSPS) is 23.6. The molecule has 1 rings (SSSR count). The second-order valence-electron chi connectivity index (χ2n) is 3.23. The van der Waals surface area contributed by atoms with E-state index in [0.717, 1.165) is 0 Å². The SMILES string of the molecule is O=C(O)[C@@H]1CCCN1C(=O)C(O)CS. The Kier molecular flexibility index (Phi) is 3.77. The molecule has 0 bridgehead atoms. The number of hydrogen-bond acceptors (Lipinski definition) is 4. The van der Waals surface area contributed by atoms with Gasteiger partial charge in [-0.1, -0.05) is 0 Å². The highest BCUT2D eigenvalue weighted by Gasteiger charge is 2.35. The molecule has 0 aromatic carbocycles. The minimum atomic E-state index is -1.20. The van der Waals surface area contributed by atoms with Gasteiger partial charge in [0.15, 0.2) is 0 Å². The van der Waals surface area contributed by atoms with Crippen LogP contribution in [0.25, 0.3) is 0 Å². The molecular formula is C8H13NO4S. The smallest absolute Gasteiger partial charge is 0.326 e. The van der Waals surface area contributed by atoms with Crippen molar-refractivity contribution in [2.45, 2.75) is 25.0 Å². The molecule has 1 heterocycles. The van der Waals surface area contributed by atoms with Gasteiger partial charge in [-0.05, 0) is 12.8 Å². The third-order valence-corrected chi connectivity index (χ3v) is 2.62. The van der Waals surface area contributed by atoms with Gasteiger partial charge in [0.2, 0.25) is 0 Å². The van der Waals surface area contributed by atoms with Crippen LogP contribution in [0.15, 0.2) is 0 Å². The number of thiol groups is 1. The van der Waals surface area contributed by atoms with Crippen molar-refractivity contribution in [2.75, 3.05) is 12.3 Å². The highest BCUT2D eigenvalue weighted by atomic mass is 32.1. The monoisotopic (exact) mass is 219 g/mol. The van der Waals surface area contributed by atoms with Crippen molar-refractivity contribution in [2.24, 2.45) is 0 Å². The molecule has 1 unspecified atom stereocenters. The number of likely N-dealkylation sites (tertiary alicyclic amines) is 1. The number of carboxylic acids is 1. The fourth-order valence-electron chi connectivity index (χ4n) is 1.56. The Morgan fingerprint density at radius 1 is 1.57 bits per heavy atom. The maximum Gasteiger partial charge on any atom is 0.326 e. The molecule has 80 valence electrons. The van der Waals surface area contributed by atoms with Gasteiger partial charge in [0.1, 0.15) is 12.1 Å². The van der Waals surface area contributed by atoms with Crippen LogP contribution in [0, 0.1) is 0 Å². The summed E-state index contributed by atoms with van der Waals surface area (Å²) in [6.45, 7) is 0.403. The summed E-state index contributed by atoms with van der Waals surface area (Å²) in [6.07, 6.45) is -0.0687. The summed E-state index contributed by atoms with van der Waals surface area (Å²) in [4.78, 5) is 23.4. The first-order valence-electron chi connectivity index (χ1n) is 4.40. The molecule has 0 saturated carbocycles. The molecule has 0 radical (unpaired) electrons. The number of aliphatic carboxylic acids is 1. The van der Waals surface area contributed by atoms with Crippen LogP contribution in [0.3, 0.4) is 0 Å². The van der Waals surface area contributed by atoms with E-state index in [4.69, 9.17) is 5.11 Å². The Morgan fingerprint density at radius 3 is 2.71 bits per heavy atom. The molecule has 14 heavy (non-hydrogen) atoms. The lowest BCUT2D eigenvalue weighted by Crippen LogP contribution is -2.46. The highest BCUT2D eigenvalue weighted by molar-refractivity contribution is 7.80. The molecule has 2 atom stereocenters. The predicted molar refractivity (Wildman–Crippen MR) is 52.2 cm³/mol. The van der Waals surface area contributed by atoms with Gasteiger partial charge in [-0.15, -0.1) is 0 Å². The molecule has 6 heteroatoms. The van der Waals surface area contributed by atoms with Crippen molar-refractivity contribution < 1.29 is 19.8 Å². The van der Waals surface area contributed by atoms with Gasteiger partial charge in [-0.3, -0.25) is 4.79 Å². The van der Waals surface area contributed by atoms with Crippen LogP contribution >= 0.6 is 12.6 Å². The quantitative estimate of drug-likeness (QED) is 0.551. The average Bonchev–Trinajstić information content (AvgIpc) is 2.63. The Bertz CT molecular complexity index is 245. The van der Waals surface area contributed by atoms with Crippen molar-refractivity contribution in [3.63, 3.8) is 0 Å². The molecule has 1 aliphatic heterocycles. The Labute approximate surface area is 87.1 Å². The molecule has 0 aliphatic carbocycles. The summed E-state index contributed by atoms with van der Waals surface area (Å²) in [5.41, 5.74) is 0. The summed E-state index contributed by atoms with van der Waals surface area (Å²) in [5, 5.41) is 18.0. The summed E-state index contributed by atoms with van der Waals surface area (Å²) in [7, 11) is 0. The zero-order chi connectivity index (χ0) is 10.7. The predicted octanol–water partition coefficient (Wildman–Crippen LogP) is -0.647. The van der Waals surface area contributed by atoms with Gasteiger partial charge in [0, 0.05) is 12.3 Å². The molecule has 0 aromatic heterocycles. The third-order valence-electron chi connectivity index (χ3n) is 2.28. The molecule has 1 amide bonds. The minimum Gasteiger partial charge on any atom is -0.480 e. The Morgan fingerprint density at radius 2 is 2.21 bits per heavy atom. The van der Waals surface area contributed by atoms with Crippen molar-refractivity contribution in [3.05, 3.63) is 0 Å². The molecule has 0 spiro atoms. The van der Waals surface area contributed by atoms with Crippen molar-refractivity contribution in [3.8, 4) is 0 Å². The fraction of sp³-hybridized carbons (Fsp3) is 0.750. The molecule has 5 nitrogen and oxygen atoms in total. The minimum absolute atomic E-state index is 0.0155. The lowest BCUT2D eigenvalue weighted by molar-refractivity contribution is -0.151. The fourth-order valence-corrected chi connectivity index (χ4v) is 1.71. The summed E-state index contributed by atoms with van der Waals surface area (Å²) >= 11 is 3.78. The van der Waals surface area contributed by atoms with Gasteiger partial charge in [0.25, 0.3) is 5.91 Å². The highest BCUT2D eigenvalue weighted by Crippen LogP contribution is 2.18. The molecule has 2 N–H and O–H groups in total. The third kappa shape index (κ3) is 2.19. The Hall–Kier alpha value is -0.750. The number of carbonyl (C=O) groups is 2. The van der Waals surface area contributed by atoms with Crippen LogP contribution in [0.4, 0.5) is 0 Å². The molecule has 1 aliphatic rings. The van der Waals surface area contributed by atoms with Gasteiger partial charge in [0.05, 0.1) is 0 Å². The van der Waals surface area contributed by atoms with E-state index in [2.05, 4.69) is 12.6 Å². The molecular weight excluding hydrogens is 206 g/mol. The van der Waals surface area contributed by atoms with E-state index >= 15 is 0 Å². The maximum absolute atomic E-state index is 11.5. The van der Waals surface area contributed by atoms with Crippen LogP contribution in [0.1, 0.15) is 12.8 Å². The van der Waals surface area contributed by atoms with Crippen LogP contribution in [-0.4, -0.2) is 51.4 Å². The molecule has 1 fully saturated rings. The van der Waals surface area contributed by atoms with Crippen molar-refractivity contribution >= 4 is 24.5 Å². The first-order valence-corrected chi connectivity index (χ1v) is 5.03. The van der Waals surface area contributed by atoms with E-state index in [1.807, 2.05) is 0 Å². The number of rotatable bonds is 3. The molecule has 1 saturated heterocycles. The van der Waals surface area contributed by atoms with Crippen LogP contribution in [-0.2, 0) is 9.59 Å². The number of amides is 1. The lowest BCUT2D eigenvalue weighted by atomic mass is 10.2. The molecule has 0 aromatic rings. The lowest BCUT2D eigenvalue weighted by Gasteiger charge is -2.23. The zero-order valence-electron chi connectivity index (χ0n) is 7.59. The second-order valence-corrected chi connectivity index (χ2v) is 3.59. The standard InChI is InChI=1S/C8H13NO4S/c10-6(4-14)7(11)9-3-1-2-5(9)8(12)13/h5-6,10,14H,1-4H2,(H,12,13)/t5-,6?/m0/s1. The average molecular weight is 219 g/mol. The number of hydrogen-bond donors (Lipinski definition) is 3. The van der Waals surface area contributed by atoms with E-state index in [9.17, 15) is 14.7 Å². The van der Waals surface area contributed by atoms with Crippen LogP contribution in [0.2, 0.25) is 0 Å². The largest absolute Gasteiger partial charge is 0.480 e. The number of aliphatic hydroxyl groups is 1. The number of carboxylic acid groups (broad SMARTS) is 1. The zero-order valence-corrected chi connectivity index (χ0v) is 8.48. The summed E-state index contributed by atoms with van der Waals surface area (Å²) in [6, 6.07) is -0.781. The van der Waals surface area contributed by atoms with Gasteiger partial charge < -0.3 is 15.1 Å². The maximum atomic E-state index is 11.5. The number of carbonyl (C=O) groups excluding carboxylic acids is 1. The van der Waals surface area contributed by atoms with Gasteiger partial charge >= 0.3 is 5.97 Å². The van der Waals surface area contributed by atoms with Crippen LogP contribution < -0.4 is 0 Å². The topological polar surface area (TPSA) is 77.8 Å². The van der Waals surface area contributed by atoms with E-state index in [-0.39, 0.29) is 5.75 Å². The summed E-state index contributed by atoms with van der Waals surface area (Å²) < 4.78 is 0. The van der Waals surface area contributed by atoms with Crippen molar-refractivity contribution in [1.29, 1.82) is 0 Å². The number of aliphatic hydroxyl groups excluding tert-OH is 1. The van der Waals surface area contributed by atoms with Crippen LogP contribution in [0.5, 0.6) is 0 Å². The number of nitrogens with zero attached hydrogens (tertiary/aromatic N) is 1. The van der Waals surface area contributed by atoms with Crippen molar-refractivity contribution in [1.82, 2.24) is 4.90 Å².